The molecule has 0 saturated heterocycles. The molecule has 2 rings (SSSR count). The summed E-state index contributed by atoms with van der Waals surface area (Å²) in [4.78, 5) is 0. The Hall–Kier alpha value is -1.29. The van der Waals surface area contributed by atoms with Crippen molar-refractivity contribution in [3.63, 3.8) is 0 Å². The zero-order valence-corrected chi connectivity index (χ0v) is 10.7. The maximum Gasteiger partial charge on any atom is 0.148 e. The van der Waals surface area contributed by atoms with Crippen LogP contribution in [0.2, 0.25) is 0 Å². The maximum absolute atomic E-state index is 13.8. The zero-order chi connectivity index (χ0) is 13.2. The van der Waals surface area contributed by atoms with Crippen molar-refractivity contribution in [3.8, 4) is 0 Å². The third-order valence-electron chi connectivity index (χ3n) is 3.79. The summed E-state index contributed by atoms with van der Waals surface area (Å²) in [6, 6.07) is 4.61. The molecule has 0 heterocycles. The summed E-state index contributed by atoms with van der Waals surface area (Å²) in [7, 11) is 0. The average Bonchev–Trinajstić information content (AvgIpc) is 2.33. The van der Waals surface area contributed by atoms with Crippen LogP contribution >= 0.6 is 0 Å². The number of aliphatic hydroxyl groups is 1. The van der Waals surface area contributed by atoms with Crippen LogP contribution in [-0.4, -0.2) is 17.3 Å². The van der Waals surface area contributed by atoms with Crippen LogP contribution in [0.4, 0.5) is 15.8 Å². The first-order valence-corrected chi connectivity index (χ1v) is 6.49. The molecular weight excluding hydrogens is 231 g/mol. The molecule has 0 aliphatic heterocycles. The molecule has 18 heavy (non-hydrogen) atoms. The van der Waals surface area contributed by atoms with E-state index < -0.39 is 5.54 Å². The Morgan fingerprint density at radius 3 is 2.94 bits per heavy atom. The molecule has 1 aromatic rings. The van der Waals surface area contributed by atoms with Crippen molar-refractivity contribution in [1.29, 1.82) is 0 Å². The Bertz CT molecular complexity index is 424. The number of anilines is 2. The van der Waals surface area contributed by atoms with Gasteiger partial charge in [-0.1, -0.05) is 19.8 Å². The fourth-order valence-corrected chi connectivity index (χ4v) is 2.88. The van der Waals surface area contributed by atoms with Crippen molar-refractivity contribution < 1.29 is 9.50 Å². The van der Waals surface area contributed by atoms with E-state index in [1.165, 1.54) is 12.5 Å². The SMILES string of the molecule is CC1CCCC(CO)(Nc2ccc(N)cc2F)C1. The fraction of sp³-hybridized carbons (Fsp3) is 0.571. The zero-order valence-electron chi connectivity index (χ0n) is 10.7. The quantitative estimate of drug-likeness (QED) is 0.725. The molecule has 1 aliphatic rings. The molecule has 1 fully saturated rings. The first-order chi connectivity index (χ1) is 8.54. The average molecular weight is 252 g/mol. The Labute approximate surface area is 107 Å². The molecule has 1 saturated carbocycles. The van der Waals surface area contributed by atoms with Gasteiger partial charge in [-0.05, 0) is 37.0 Å². The van der Waals surface area contributed by atoms with Gasteiger partial charge in [-0.25, -0.2) is 4.39 Å². The lowest BCUT2D eigenvalue weighted by molar-refractivity contribution is 0.149. The summed E-state index contributed by atoms with van der Waals surface area (Å²) in [6.45, 7) is 2.20. The molecule has 3 nitrogen and oxygen atoms in total. The van der Waals surface area contributed by atoms with Crippen LogP contribution in [0, 0.1) is 11.7 Å². The first-order valence-electron chi connectivity index (χ1n) is 6.49. The molecule has 0 spiro atoms. The van der Waals surface area contributed by atoms with Gasteiger partial charge < -0.3 is 16.2 Å². The molecule has 0 bridgehead atoms. The van der Waals surface area contributed by atoms with Crippen LogP contribution in [0.3, 0.4) is 0 Å². The summed E-state index contributed by atoms with van der Waals surface area (Å²) >= 11 is 0. The number of aliphatic hydroxyl groups excluding tert-OH is 1. The van der Waals surface area contributed by atoms with Crippen LogP contribution in [0.5, 0.6) is 0 Å². The normalized spacial score (nSPS) is 28.1. The molecule has 1 aromatic carbocycles. The van der Waals surface area contributed by atoms with E-state index in [4.69, 9.17) is 5.73 Å². The van der Waals surface area contributed by atoms with Gasteiger partial charge in [0, 0.05) is 5.69 Å². The molecule has 0 aromatic heterocycles. The van der Waals surface area contributed by atoms with Crippen molar-refractivity contribution >= 4 is 11.4 Å². The number of nitrogens with two attached hydrogens (primary N) is 1. The standard InChI is InChI=1S/C14H21FN2O/c1-10-3-2-6-14(8-10,9-18)17-13-5-4-11(16)7-12(13)15/h4-5,7,10,17-18H,2-3,6,8-9,16H2,1H3. The number of hydrogen-bond acceptors (Lipinski definition) is 3. The lowest BCUT2D eigenvalue weighted by Crippen LogP contribution is -2.46. The number of nitrogens with one attached hydrogen (secondary N) is 1. The van der Waals surface area contributed by atoms with Crippen molar-refractivity contribution in [2.24, 2.45) is 5.92 Å². The summed E-state index contributed by atoms with van der Waals surface area (Å²) in [5.74, 6) is 0.191. The number of rotatable bonds is 3. The smallest absolute Gasteiger partial charge is 0.148 e. The summed E-state index contributed by atoms with van der Waals surface area (Å²) < 4.78 is 13.8. The van der Waals surface area contributed by atoms with Crippen LogP contribution in [0.1, 0.15) is 32.6 Å². The van der Waals surface area contributed by atoms with E-state index in [1.807, 2.05) is 0 Å². The van der Waals surface area contributed by atoms with Gasteiger partial charge in [0.15, 0.2) is 0 Å². The van der Waals surface area contributed by atoms with Crippen molar-refractivity contribution in [3.05, 3.63) is 24.0 Å². The molecule has 4 heteroatoms. The van der Waals surface area contributed by atoms with E-state index in [-0.39, 0.29) is 12.4 Å². The van der Waals surface area contributed by atoms with E-state index in [0.29, 0.717) is 17.3 Å². The monoisotopic (exact) mass is 252 g/mol. The number of benzene rings is 1. The Morgan fingerprint density at radius 1 is 1.56 bits per heavy atom. The Morgan fingerprint density at radius 2 is 2.33 bits per heavy atom. The molecular formula is C14H21FN2O. The van der Waals surface area contributed by atoms with Crippen molar-refractivity contribution in [2.45, 2.75) is 38.1 Å². The van der Waals surface area contributed by atoms with Crippen molar-refractivity contribution in [2.75, 3.05) is 17.7 Å². The van der Waals surface area contributed by atoms with E-state index in [0.717, 1.165) is 19.3 Å². The van der Waals surface area contributed by atoms with E-state index in [1.54, 1.807) is 12.1 Å². The fourth-order valence-electron chi connectivity index (χ4n) is 2.88. The highest BCUT2D eigenvalue weighted by atomic mass is 19.1. The molecule has 2 atom stereocenters. The molecule has 4 N–H and O–H groups in total. The summed E-state index contributed by atoms with van der Waals surface area (Å²) in [5, 5.41) is 12.8. The van der Waals surface area contributed by atoms with Gasteiger partial charge in [-0.2, -0.15) is 0 Å². The highest BCUT2D eigenvalue weighted by Crippen LogP contribution is 2.35. The van der Waals surface area contributed by atoms with E-state index in [2.05, 4.69) is 12.2 Å². The maximum atomic E-state index is 13.8. The second kappa shape index (κ2) is 5.14. The van der Waals surface area contributed by atoms with Crippen LogP contribution in [0.15, 0.2) is 18.2 Å². The van der Waals surface area contributed by atoms with E-state index >= 15 is 0 Å². The topological polar surface area (TPSA) is 58.3 Å². The van der Waals surface area contributed by atoms with Crippen LogP contribution in [-0.2, 0) is 0 Å². The largest absolute Gasteiger partial charge is 0.399 e. The van der Waals surface area contributed by atoms with Gasteiger partial charge in [-0.3, -0.25) is 0 Å². The highest BCUT2D eigenvalue weighted by molar-refractivity contribution is 5.54. The molecule has 1 aliphatic carbocycles. The molecule has 0 amide bonds. The van der Waals surface area contributed by atoms with Gasteiger partial charge in [0.25, 0.3) is 0 Å². The molecule has 2 unspecified atom stereocenters. The molecule has 100 valence electrons. The number of hydrogen-bond donors (Lipinski definition) is 3. The second-order valence-corrected chi connectivity index (χ2v) is 5.50. The Balaban J connectivity index is 2.19. The minimum atomic E-state index is -0.394. The van der Waals surface area contributed by atoms with Gasteiger partial charge in [0.2, 0.25) is 0 Å². The Kier molecular flexibility index (Phi) is 3.76. The predicted molar refractivity (Wildman–Crippen MR) is 71.9 cm³/mol. The minimum Gasteiger partial charge on any atom is -0.399 e. The van der Waals surface area contributed by atoms with Gasteiger partial charge in [0.1, 0.15) is 5.82 Å². The third kappa shape index (κ3) is 2.75. The van der Waals surface area contributed by atoms with Crippen molar-refractivity contribution in [1.82, 2.24) is 0 Å². The first kappa shape index (κ1) is 13.1. The van der Waals surface area contributed by atoms with Gasteiger partial charge >= 0.3 is 0 Å². The summed E-state index contributed by atoms with van der Waals surface area (Å²) in [6.07, 6.45) is 3.98. The van der Waals surface area contributed by atoms with Crippen LogP contribution in [0.25, 0.3) is 0 Å². The van der Waals surface area contributed by atoms with E-state index in [9.17, 15) is 9.50 Å². The second-order valence-electron chi connectivity index (χ2n) is 5.50. The lowest BCUT2D eigenvalue weighted by Gasteiger charge is -2.40. The predicted octanol–water partition coefficient (Wildman–Crippen LogP) is 2.76. The molecule has 0 radical (unpaired) electrons. The third-order valence-corrected chi connectivity index (χ3v) is 3.79. The lowest BCUT2D eigenvalue weighted by atomic mass is 9.76. The highest BCUT2D eigenvalue weighted by Gasteiger charge is 2.34. The minimum absolute atomic E-state index is 0.0289. The summed E-state index contributed by atoms with van der Waals surface area (Å²) in [5.41, 5.74) is 5.97. The number of halogens is 1. The van der Waals surface area contributed by atoms with Gasteiger partial charge in [-0.15, -0.1) is 0 Å². The van der Waals surface area contributed by atoms with Gasteiger partial charge in [0.05, 0.1) is 17.8 Å². The van der Waals surface area contributed by atoms with Crippen LogP contribution < -0.4 is 11.1 Å². The number of nitrogen functional groups attached to an aromatic ring is 1.